The number of carbonyl (C=O) groups excluding carboxylic acids is 3. The number of carbonyl (C=O) groups is 3. The fourth-order valence-electron chi connectivity index (χ4n) is 6.68. The number of likely N-dealkylation sites (tertiary alicyclic amines) is 2. The Balaban J connectivity index is 1.09. The highest BCUT2D eigenvalue weighted by Crippen LogP contribution is 2.35. The molecule has 0 spiro atoms. The third-order valence-electron chi connectivity index (χ3n) is 8.85. The highest BCUT2D eigenvalue weighted by atomic mass is 35.5. The van der Waals surface area contributed by atoms with Crippen LogP contribution in [-0.4, -0.2) is 64.3 Å². The summed E-state index contributed by atoms with van der Waals surface area (Å²) in [5.41, 5.74) is 10.7. The molecule has 1 aromatic heterocycles. The van der Waals surface area contributed by atoms with Crippen LogP contribution in [0.2, 0.25) is 5.02 Å². The average Bonchev–Trinajstić information content (AvgIpc) is 3.43. The normalized spacial score (nSPS) is 21.3. The van der Waals surface area contributed by atoms with Gasteiger partial charge in [-0.25, -0.2) is 9.78 Å². The van der Waals surface area contributed by atoms with Gasteiger partial charge in [-0.05, 0) is 60.9 Å². The van der Waals surface area contributed by atoms with Crippen molar-refractivity contribution in [3.05, 3.63) is 88.2 Å². The van der Waals surface area contributed by atoms with Gasteiger partial charge in [-0.2, -0.15) is 0 Å². The lowest BCUT2D eigenvalue weighted by molar-refractivity contribution is -0.130. The fraction of sp³-hybridized carbons (Fsp3) is 0.394. The van der Waals surface area contributed by atoms with E-state index in [-0.39, 0.29) is 5.69 Å². The number of aromatic nitrogens is 1. The highest BCUT2D eigenvalue weighted by Gasteiger charge is 2.37. The number of aryl methyl sites for hydroxylation is 1. The standard InChI is InChI=1S/C33H35ClN4O4/c34-27-5-2-1-4-25(27)23-8-11-28(36-19-23)33(41)42-29-12-9-22-18-21(7-10-26(22)31(29)32(35)40)20-37-16-13-24(14-17-37)38-15-3-6-30(38)39/h1-2,4-5,7-8,10-11,18-19,24,29,31H,3,6,9,12-17,20H2,(H2,35,40). The zero-order valence-electron chi connectivity index (χ0n) is 23.5. The summed E-state index contributed by atoms with van der Waals surface area (Å²) in [4.78, 5) is 46.6. The van der Waals surface area contributed by atoms with Crippen molar-refractivity contribution in [2.45, 2.75) is 63.1 Å². The van der Waals surface area contributed by atoms with Crippen molar-refractivity contribution in [1.29, 1.82) is 0 Å². The third kappa shape index (κ3) is 5.92. The molecular formula is C33H35ClN4O4. The predicted octanol–water partition coefficient (Wildman–Crippen LogP) is 4.73. The Labute approximate surface area is 250 Å². The van der Waals surface area contributed by atoms with E-state index in [1.807, 2.05) is 30.3 Å². The summed E-state index contributed by atoms with van der Waals surface area (Å²) in [7, 11) is 0. The molecule has 9 heteroatoms. The van der Waals surface area contributed by atoms with E-state index in [1.54, 1.807) is 24.4 Å². The topological polar surface area (TPSA) is 106 Å². The number of nitrogens with two attached hydrogens (primary N) is 1. The van der Waals surface area contributed by atoms with Crippen LogP contribution in [-0.2, 0) is 27.3 Å². The predicted molar refractivity (Wildman–Crippen MR) is 160 cm³/mol. The number of piperidine rings is 1. The van der Waals surface area contributed by atoms with Gasteiger partial charge in [0.15, 0.2) is 0 Å². The minimum atomic E-state index is -0.720. The zero-order valence-corrected chi connectivity index (χ0v) is 24.3. The molecule has 2 aliphatic heterocycles. The largest absolute Gasteiger partial charge is 0.456 e. The molecule has 2 fully saturated rings. The van der Waals surface area contributed by atoms with E-state index in [4.69, 9.17) is 22.1 Å². The number of nitrogens with zero attached hydrogens (tertiary/aromatic N) is 3. The summed E-state index contributed by atoms with van der Waals surface area (Å²) < 4.78 is 5.82. The molecule has 0 radical (unpaired) electrons. The van der Waals surface area contributed by atoms with Crippen molar-refractivity contribution in [3.8, 4) is 11.1 Å². The number of amides is 2. The molecule has 8 nitrogen and oxygen atoms in total. The molecule has 2 amide bonds. The molecule has 6 rings (SSSR count). The van der Waals surface area contributed by atoms with Crippen molar-refractivity contribution >= 4 is 29.4 Å². The summed E-state index contributed by atoms with van der Waals surface area (Å²) in [6.07, 6.45) is 5.80. The maximum Gasteiger partial charge on any atom is 0.357 e. The Morgan fingerprint density at radius 1 is 1.00 bits per heavy atom. The number of pyridine rings is 1. The maximum atomic E-state index is 13.0. The number of fused-ring (bicyclic) bond motifs is 1. The van der Waals surface area contributed by atoms with Crippen molar-refractivity contribution < 1.29 is 19.1 Å². The molecular weight excluding hydrogens is 552 g/mol. The minimum Gasteiger partial charge on any atom is -0.456 e. The number of halogens is 1. The van der Waals surface area contributed by atoms with E-state index in [2.05, 4.69) is 20.9 Å². The van der Waals surface area contributed by atoms with Gasteiger partial charge in [0.05, 0.1) is 5.92 Å². The van der Waals surface area contributed by atoms with E-state index in [1.165, 1.54) is 5.56 Å². The van der Waals surface area contributed by atoms with Gasteiger partial charge in [0.1, 0.15) is 11.8 Å². The first-order chi connectivity index (χ1) is 20.4. The second kappa shape index (κ2) is 12.2. The first-order valence-electron chi connectivity index (χ1n) is 14.7. The molecule has 2 saturated heterocycles. The quantitative estimate of drug-likeness (QED) is 0.401. The summed E-state index contributed by atoms with van der Waals surface area (Å²) in [6.45, 7) is 3.64. The van der Waals surface area contributed by atoms with Crippen LogP contribution in [0.1, 0.15) is 65.2 Å². The van der Waals surface area contributed by atoms with Crippen LogP contribution in [0, 0.1) is 0 Å². The third-order valence-corrected chi connectivity index (χ3v) is 9.18. The van der Waals surface area contributed by atoms with E-state index < -0.39 is 23.9 Å². The Morgan fingerprint density at radius 3 is 2.50 bits per heavy atom. The molecule has 2 aromatic carbocycles. The van der Waals surface area contributed by atoms with Crippen LogP contribution < -0.4 is 5.73 Å². The number of hydrogen-bond acceptors (Lipinski definition) is 6. The Bertz CT molecular complexity index is 1490. The molecule has 1 aliphatic carbocycles. The van der Waals surface area contributed by atoms with Gasteiger partial charge in [-0.1, -0.05) is 54.1 Å². The minimum absolute atomic E-state index is 0.160. The number of rotatable bonds is 7. The van der Waals surface area contributed by atoms with Crippen LogP contribution in [0.15, 0.2) is 60.8 Å². The van der Waals surface area contributed by atoms with E-state index in [0.29, 0.717) is 36.2 Å². The lowest BCUT2D eigenvalue weighted by Gasteiger charge is -2.37. The molecule has 3 aromatic rings. The summed E-state index contributed by atoms with van der Waals surface area (Å²) in [6, 6.07) is 17.4. The first-order valence-corrected chi connectivity index (χ1v) is 15.1. The number of primary amides is 1. The van der Waals surface area contributed by atoms with Gasteiger partial charge >= 0.3 is 5.97 Å². The van der Waals surface area contributed by atoms with E-state index in [0.717, 1.165) is 67.7 Å². The zero-order chi connectivity index (χ0) is 29.2. The molecule has 3 aliphatic rings. The maximum absolute atomic E-state index is 13.0. The van der Waals surface area contributed by atoms with Crippen LogP contribution in [0.5, 0.6) is 0 Å². The fourth-order valence-corrected chi connectivity index (χ4v) is 6.92. The molecule has 2 atom stereocenters. The summed E-state index contributed by atoms with van der Waals surface area (Å²) in [5.74, 6) is -1.51. The molecule has 2 unspecified atom stereocenters. The van der Waals surface area contributed by atoms with Gasteiger partial charge in [0.2, 0.25) is 11.8 Å². The smallest absolute Gasteiger partial charge is 0.357 e. The monoisotopic (exact) mass is 586 g/mol. The highest BCUT2D eigenvalue weighted by molar-refractivity contribution is 6.33. The van der Waals surface area contributed by atoms with Crippen molar-refractivity contribution in [3.63, 3.8) is 0 Å². The Morgan fingerprint density at radius 2 is 1.81 bits per heavy atom. The molecule has 0 bridgehead atoms. The molecule has 2 N–H and O–H groups in total. The molecule has 42 heavy (non-hydrogen) atoms. The Hall–Kier alpha value is -3.75. The second-order valence-corrected chi connectivity index (χ2v) is 11.9. The van der Waals surface area contributed by atoms with Crippen LogP contribution in [0.4, 0.5) is 0 Å². The lowest BCUT2D eigenvalue weighted by atomic mass is 9.79. The molecule has 0 saturated carbocycles. The second-order valence-electron chi connectivity index (χ2n) is 11.5. The summed E-state index contributed by atoms with van der Waals surface area (Å²) in [5, 5.41) is 0.600. The van der Waals surface area contributed by atoms with Crippen LogP contribution >= 0.6 is 11.6 Å². The number of ether oxygens (including phenoxy) is 1. The van der Waals surface area contributed by atoms with Crippen LogP contribution in [0.25, 0.3) is 11.1 Å². The van der Waals surface area contributed by atoms with Gasteiger partial charge in [-0.15, -0.1) is 0 Å². The van der Waals surface area contributed by atoms with Crippen LogP contribution in [0.3, 0.4) is 0 Å². The van der Waals surface area contributed by atoms with Gasteiger partial charge < -0.3 is 15.4 Å². The van der Waals surface area contributed by atoms with Crippen molar-refractivity contribution in [1.82, 2.24) is 14.8 Å². The SMILES string of the molecule is NC(=O)C1c2ccc(CN3CCC(N4CCCC4=O)CC3)cc2CCC1OC(=O)c1ccc(-c2ccccc2Cl)cn1. The number of esters is 1. The van der Waals surface area contributed by atoms with Crippen molar-refractivity contribution in [2.75, 3.05) is 19.6 Å². The van der Waals surface area contributed by atoms with E-state index >= 15 is 0 Å². The summed E-state index contributed by atoms with van der Waals surface area (Å²) >= 11 is 6.29. The number of benzene rings is 2. The Kier molecular flexibility index (Phi) is 8.27. The number of hydrogen-bond donors (Lipinski definition) is 1. The van der Waals surface area contributed by atoms with E-state index in [9.17, 15) is 14.4 Å². The average molecular weight is 587 g/mol. The lowest BCUT2D eigenvalue weighted by Crippen LogP contribution is -2.45. The van der Waals surface area contributed by atoms with Gasteiger partial charge in [0, 0.05) is 61.0 Å². The first kappa shape index (κ1) is 28.4. The molecule has 3 heterocycles. The molecule has 218 valence electrons. The van der Waals surface area contributed by atoms with Gasteiger partial charge in [-0.3, -0.25) is 14.5 Å². The van der Waals surface area contributed by atoms with Crippen molar-refractivity contribution in [2.24, 2.45) is 5.73 Å². The van der Waals surface area contributed by atoms with Gasteiger partial charge in [0.25, 0.3) is 0 Å².